The molecule has 1 N–H and O–H groups in total. The van der Waals surface area contributed by atoms with E-state index in [9.17, 15) is 14.4 Å². The van der Waals surface area contributed by atoms with Gasteiger partial charge < -0.3 is 15.0 Å². The molecule has 5 rings (SSSR count). The SMILES string of the molecule is CC1(C)Cc2nc(N3CCOc4ccc(C(=O)CCC5CCC5=O)cc43)sc2C(=O)N1. The average molecular weight is 440 g/mol. The van der Waals surface area contributed by atoms with E-state index in [1.54, 1.807) is 6.07 Å². The van der Waals surface area contributed by atoms with Crippen molar-refractivity contribution < 1.29 is 19.1 Å². The number of nitrogens with zero attached hydrogens (tertiary/aromatic N) is 2. The van der Waals surface area contributed by atoms with Gasteiger partial charge in [0.05, 0.1) is 17.9 Å². The Balaban J connectivity index is 1.41. The molecule has 8 heteroatoms. The van der Waals surface area contributed by atoms with Gasteiger partial charge in [-0.05, 0) is 44.9 Å². The number of fused-ring (bicyclic) bond motifs is 2. The smallest absolute Gasteiger partial charge is 0.263 e. The van der Waals surface area contributed by atoms with E-state index in [1.165, 1.54) is 11.3 Å². The van der Waals surface area contributed by atoms with Crippen LogP contribution in [0.4, 0.5) is 10.8 Å². The first-order chi connectivity index (χ1) is 14.8. The second kappa shape index (κ2) is 7.44. The molecule has 1 fully saturated rings. The van der Waals surface area contributed by atoms with Crippen LogP contribution in [-0.4, -0.2) is 41.1 Å². The van der Waals surface area contributed by atoms with Crippen molar-refractivity contribution in [2.24, 2.45) is 5.92 Å². The van der Waals surface area contributed by atoms with E-state index < -0.39 is 0 Å². The molecule has 3 aliphatic rings. The topological polar surface area (TPSA) is 88.6 Å². The Morgan fingerprint density at radius 3 is 2.94 bits per heavy atom. The Morgan fingerprint density at radius 1 is 1.35 bits per heavy atom. The molecule has 162 valence electrons. The molecule has 0 spiro atoms. The molecule has 0 radical (unpaired) electrons. The van der Waals surface area contributed by atoms with E-state index in [4.69, 9.17) is 9.72 Å². The molecule has 1 aromatic heterocycles. The predicted octanol–water partition coefficient (Wildman–Crippen LogP) is 3.68. The van der Waals surface area contributed by atoms with Crippen LogP contribution in [0.1, 0.15) is 65.3 Å². The lowest BCUT2D eigenvalue weighted by Gasteiger charge is -2.29. The fraction of sp³-hybridized carbons (Fsp3) is 0.478. The molecule has 1 aromatic carbocycles. The van der Waals surface area contributed by atoms with Gasteiger partial charge in [-0.1, -0.05) is 11.3 Å². The highest BCUT2D eigenvalue weighted by Crippen LogP contribution is 2.41. The lowest BCUT2D eigenvalue weighted by Crippen LogP contribution is -2.48. The Kier molecular flexibility index (Phi) is 4.84. The van der Waals surface area contributed by atoms with Crippen LogP contribution in [0.15, 0.2) is 18.2 Å². The third kappa shape index (κ3) is 3.73. The molecule has 3 heterocycles. The quantitative estimate of drug-likeness (QED) is 0.715. The number of hydrogen-bond donors (Lipinski definition) is 1. The number of rotatable bonds is 5. The van der Waals surface area contributed by atoms with Crippen molar-refractivity contribution in [3.63, 3.8) is 0 Å². The number of nitrogens with one attached hydrogen (secondary N) is 1. The third-order valence-corrected chi connectivity index (χ3v) is 7.36. The minimum Gasteiger partial charge on any atom is -0.490 e. The van der Waals surface area contributed by atoms with E-state index in [-0.39, 0.29) is 28.9 Å². The van der Waals surface area contributed by atoms with Gasteiger partial charge >= 0.3 is 0 Å². The molecule has 2 aromatic rings. The molecule has 1 aliphatic carbocycles. The second-order valence-corrected chi connectivity index (χ2v) is 10.1. The van der Waals surface area contributed by atoms with Crippen LogP contribution >= 0.6 is 11.3 Å². The first kappa shape index (κ1) is 20.2. The monoisotopic (exact) mass is 439 g/mol. The lowest BCUT2D eigenvalue weighted by atomic mass is 9.80. The summed E-state index contributed by atoms with van der Waals surface area (Å²) in [4.78, 5) is 44.3. The van der Waals surface area contributed by atoms with Crippen molar-refractivity contribution in [1.82, 2.24) is 10.3 Å². The average Bonchev–Trinajstić information content (AvgIpc) is 3.14. The van der Waals surface area contributed by atoms with Crippen LogP contribution in [0.2, 0.25) is 0 Å². The Bertz CT molecular complexity index is 1090. The lowest BCUT2D eigenvalue weighted by molar-refractivity contribution is -0.129. The van der Waals surface area contributed by atoms with Crippen molar-refractivity contribution in [2.45, 2.75) is 51.5 Å². The highest BCUT2D eigenvalue weighted by molar-refractivity contribution is 7.17. The normalized spacial score (nSPS) is 21.5. The fourth-order valence-electron chi connectivity index (χ4n) is 4.39. The summed E-state index contributed by atoms with van der Waals surface area (Å²) in [5, 5.41) is 3.77. The largest absolute Gasteiger partial charge is 0.490 e. The first-order valence-electron chi connectivity index (χ1n) is 10.7. The van der Waals surface area contributed by atoms with Crippen molar-refractivity contribution in [3.05, 3.63) is 34.3 Å². The van der Waals surface area contributed by atoms with Gasteiger partial charge in [-0.2, -0.15) is 0 Å². The molecule has 1 unspecified atom stereocenters. The molecule has 1 atom stereocenters. The summed E-state index contributed by atoms with van der Waals surface area (Å²) in [6.45, 7) is 5.09. The predicted molar refractivity (Wildman–Crippen MR) is 118 cm³/mol. The first-order valence-corrected chi connectivity index (χ1v) is 11.5. The summed E-state index contributed by atoms with van der Waals surface area (Å²) < 4.78 is 5.80. The van der Waals surface area contributed by atoms with Gasteiger partial charge in [0, 0.05) is 36.3 Å². The van der Waals surface area contributed by atoms with Gasteiger partial charge in [-0.15, -0.1) is 0 Å². The van der Waals surface area contributed by atoms with Crippen LogP contribution in [0.3, 0.4) is 0 Å². The number of Topliss-reactive ketones (excluding diaryl/α,β-unsaturated/α-hetero) is 2. The molecule has 1 saturated carbocycles. The zero-order chi connectivity index (χ0) is 21.8. The van der Waals surface area contributed by atoms with Gasteiger partial charge in [0.2, 0.25) is 0 Å². The van der Waals surface area contributed by atoms with Gasteiger partial charge in [0.15, 0.2) is 10.9 Å². The van der Waals surface area contributed by atoms with Crippen molar-refractivity contribution in [2.75, 3.05) is 18.1 Å². The number of thiazole rings is 1. The number of ether oxygens (including phenoxy) is 1. The summed E-state index contributed by atoms with van der Waals surface area (Å²) in [7, 11) is 0. The minimum atomic E-state index is -0.320. The number of ketones is 2. The summed E-state index contributed by atoms with van der Waals surface area (Å²) >= 11 is 1.38. The van der Waals surface area contributed by atoms with Crippen LogP contribution in [-0.2, 0) is 11.2 Å². The van der Waals surface area contributed by atoms with Crippen LogP contribution in [0, 0.1) is 5.92 Å². The van der Waals surface area contributed by atoms with Gasteiger partial charge in [-0.3, -0.25) is 14.4 Å². The molecular weight excluding hydrogens is 414 g/mol. The summed E-state index contributed by atoms with van der Waals surface area (Å²) in [6, 6.07) is 5.46. The number of hydrogen-bond acceptors (Lipinski definition) is 7. The maximum atomic E-state index is 12.8. The Morgan fingerprint density at radius 2 is 2.19 bits per heavy atom. The number of aromatic nitrogens is 1. The molecule has 7 nitrogen and oxygen atoms in total. The van der Waals surface area contributed by atoms with Crippen LogP contribution in [0.5, 0.6) is 5.75 Å². The Hall–Kier alpha value is -2.74. The van der Waals surface area contributed by atoms with E-state index in [0.29, 0.717) is 55.0 Å². The van der Waals surface area contributed by atoms with E-state index in [0.717, 1.165) is 22.9 Å². The zero-order valence-corrected chi connectivity index (χ0v) is 18.5. The molecule has 2 aliphatic heterocycles. The maximum Gasteiger partial charge on any atom is 0.263 e. The molecular formula is C23H25N3O4S. The highest BCUT2D eigenvalue weighted by Gasteiger charge is 2.35. The number of carbonyl (C=O) groups is 3. The van der Waals surface area contributed by atoms with E-state index in [1.807, 2.05) is 30.9 Å². The minimum absolute atomic E-state index is 0.0348. The Labute approximate surface area is 184 Å². The second-order valence-electron chi connectivity index (χ2n) is 9.13. The number of carbonyl (C=O) groups excluding carboxylic acids is 3. The van der Waals surface area contributed by atoms with Crippen molar-refractivity contribution >= 4 is 39.6 Å². The summed E-state index contributed by atoms with van der Waals surface area (Å²) in [5.41, 5.74) is 1.91. The number of benzene rings is 1. The van der Waals surface area contributed by atoms with E-state index in [2.05, 4.69) is 5.32 Å². The molecule has 1 amide bonds. The summed E-state index contributed by atoms with van der Waals surface area (Å²) in [6.07, 6.45) is 3.23. The van der Waals surface area contributed by atoms with Crippen LogP contribution < -0.4 is 15.0 Å². The number of amides is 1. The van der Waals surface area contributed by atoms with E-state index >= 15 is 0 Å². The molecule has 0 bridgehead atoms. The van der Waals surface area contributed by atoms with Crippen molar-refractivity contribution in [1.29, 1.82) is 0 Å². The summed E-state index contributed by atoms with van der Waals surface area (Å²) in [5.74, 6) is 0.983. The molecule has 0 saturated heterocycles. The van der Waals surface area contributed by atoms with Crippen LogP contribution in [0.25, 0.3) is 0 Å². The molecule has 31 heavy (non-hydrogen) atoms. The van der Waals surface area contributed by atoms with Gasteiger partial charge in [0.1, 0.15) is 23.0 Å². The number of anilines is 2. The zero-order valence-electron chi connectivity index (χ0n) is 17.7. The van der Waals surface area contributed by atoms with Gasteiger partial charge in [-0.25, -0.2) is 4.98 Å². The van der Waals surface area contributed by atoms with Gasteiger partial charge in [0.25, 0.3) is 5.91 Å². The highest BCUT2D eigenvalue weighted by atomic mass is 32.1. The third-order valence-electron chi connectivity index (χ3n) is 6.24. The maximum absolute atomic E-state index is 12.8. The van der Waals surface area contributed by atoms with Crippen molar-refractivity contribution in [3.8, 4) is 5.75 Å². The fourth-order valence-corrected chi connectivity index (χ4v) is 5.41. The standard InChI is InChI=1S/C23H25N3O4S/c1-23(2)12-15-20(21(29)25-23)31-22(24-15)26-9-10-30-19-8-5-14(11-16(19)26)18(28)7-4-13-3-6-17(13)27/h5,8,11,13H,3-4,6-7,9-10,12H2,1-2H3,(H,25,29).